The second-order valence-electron chi connectivity index (χ2n) is 6.27. The van der Waals surface area contributed by atoms with Gasteiger partial charge < -0.3 is 10.1 Å². The normalized spacial score (nSPS) is 15.5. The number of ether oxygens (including phenoxy) is 1. The van der Waals surface area contributed by atoms with Gasteiger partial charge in [-0.2, -0.15) is 13.1 Å². The summed E-state index contributed by atoms with van der Waals surface area (Å²) < 4.78 is 55.9. The van der Waals surface area contributed by atoms with E-state index >= 15 is 0 Å². The Labute approximate surface area is 166 Å². The minimum atomic E-state index is -3.50. The molecule has 10 heteroatoms. The van der Waals surface area contributed by atoms with Crippen molar-refractivity contribution in [3.05, 3.63) is 46.8 Å². The van der Waals surface area contributed by atoms with Crippen molar-refractivity contribution < 1.29 is 26.7 Å². The lowest BCUT2D eigenvalue weighted by Gasteiger charge is -2.25. The molecule has 1 aliphatic rings. The fraction of sp³-hybridized carbons (Fsp3) is 0.389. The van der Waals surface area contributed by atoms with Crippen LogP contribution in [-0.4, -0.2) is 38.3 Å². The SMILES string of the molecule is O=C(NCc1ccc(S(=O)(=O)N2CCCCC2)s1)c1cccc(OC(F)F)c1. The number of rotatable bonds is 7. The highest BCUT2D eigenvalue weighted by Gasteiger charge is 2.27. The summed E-state index contributed by atoms with van der Waals surface area (Å²) in [6.45, 7) is -1.77. The van der Waals surface area contributed by atoms with Gasteiger partial charge >= 0.3 is 6.61 Å². The fourth-order valence-corrected chi connectivity index (χ4v) is 5.87. The number of thiophene rings is 1. The Hall–Kier alpha value is -2.04. The minimum Gasteiger partial charge on any atom is -0.435 e. The van der Waals surface area contributed by atoms with Crippen molar-refractivity contribution in [3.8, 4) is 5.75 Å². The van der Waals surface area contributed by atoms with Crippen LogP contribution in [0.3, 0.4) is 0 Å². The van der Waals surface area contributed by atoms with E-state index in [2.05, 4.69) is 10.1 Å². The third-order valence-electron chi connectivity index (χ3n) is 4.29. The van der Waals surface area contributed by atoms with E-state index < -0.39 is 22.5 Å². The molecular formula is C18H20F2N2O4S2. The highest BCUT2D eigenvalue weighted by molar-refractivity contribution is 7.91. The molecule has 152 valence electrons. The Kier molecular flexibility index (Phi) is 6.63. The van der Waals surface area contributed by atoms with Crippen LogP contribution >= 0.6 is 11.3 Å². The number of hydrogen-bond donors (Lipinski definition) is 1. The molecule has 1 saturated heterocycles. The maximum absolute atomic E-state index is 12.7. The van der Waals surface area contributed by atoms with Gasteiger partial charge in [0.1, 0.15) is 9.96 Å². The van der Waals surface area contributed by atoms with Gasteiger partial charge in [0.15, 0.2) is 0 Å². The average Bonchev–Trinajstić information content (AvgIpc) is 3.16. The first-order valence-electron chi connectivity index (χ1n) is 8.78. The van der Waals surface area contributed by atoms with Gasteiger partial charge in [0.05, 0.1) is 6.54 Å². The zero-order valence-electron chi connectivity index (χ0n) is 14.9. The van der Waals surface area contributed by atoms with Gasteiger partial charge in [-0.15, -0.1) is 11.3 Å². The Morgan fingerprint density at radius 1 is 1.18 bits per heavy atom. The smallest absolute Gasteiger partial charge is 0.387 e. The van der Waals surface area contributed by atoms with Crippen LogP contribution in [0.4, 0.5) is 8.78 Å². The molecule has 1 aromatic carbocycles. The second-order valence-corrected chi connectivity index (χ2v) is 9.61. The standard InChI is InChI=1S/C18H20F2N2O4S2/c19-18(20)26-14-6-4-5-13(11-14)17(23)21-12-15-7-8-16(27-15)28(24,25)22-9-2-1-3-10-22/h4-8,11,18H,1-3,9-10,12H2,(H,21,23). The van der Waals surface area contributed by atoms with E-state index in [0.717, 1.165) is 30.6 Å². The van der Waals surface area contributed by atoms with E-state index in [0.29, 0.717) is 18.0 Å². The molecule has 2 aromatic rings. The molecule has 1 amide bonds. The molecule has 0 aliphatic carbocycles. The number of sulfonamides is 1. The lowest BCUT2D eigenvalue weighted by molar-refractivity contribution is -0.0498. The number of carbonyl (C=O) groups is 1. The highest BCUT2D eigenvalue weighted by atomic mass is 32.2. The van der Waals surface area contributed by atoms with Crippen molar-refractivity contribution in [2.24, 2.45) is 0 Å². The third-order valence-corrected chi connectivity index (χ3v) is 7.74. The molecule has 0 unspecified atom stereocenters. The molecule has 0 radical (unpaired) electrons. The van der Waals surface area contributed by atoms with Crippen LogP contribution < -0.4 is 10.1 Å². The number of benzene rings is 1. The number of piperidine rings is 1. The van der Waals surface area contributed by atoms with Gasteiger partial charge in [0.2, 0.25) is 0 Å². The molecule has 1 aliphatic heterocycles. The van der Waals surface area contributed by atoms with E-state index in [4.69, 9.17) is 0 Å². The number of halogens is 2. The lowest BCUT2D eigenvalue weighted by atomic mass is 10.2. The summed E-state index contributed by atoms with van der Waals surface area (Å²) >= 11 is 1.11. The van der Waals surface area contributed by atoms with E-state index in [-0.39, 0.29) is 22.1 Å². The molecular weight excluding hydrogens is 410 g/mol. The summed E-state index contributed by atoms with van der Waals surface area (Å²) in [5.41, 5.74) is 0.177. The molecule has 0 bridgehead atoms. The Bertz CT molecular complexity index is 925. The predicted octanol–water partition coefficient (Wildman–Crippen LogP) is 3.45. The topological polar surface area (TPSA) is 75.7 Å². The van der Waals surface area contributed by atoms with Crippen LogP contribution in [0.1, 0.15) is 34.5 Å². The summed E-state index contributed by atoms with van der Waals surface area (Å²) in [6, 6.07) is 8.70. The zero-order chi connectivity index (χ0) is 20.1. The largest absolute Gasteiger partial charge is 0.435 e. The average molecular weight is 430 g/mol. The first-order valence-corrected chi connectivity index (χ1v) is 11.0. The lowest BCUT2D eigenvalue weighted by Crippen LogP contribution is -2.35. The van der Waals surface area contributed by atoms with E-state index in [1.807, 2.05) is 0 Å². The molecule has 0 spiro atoms. The van der Waals surface area contributed by atoms with E-state index in [1.165, 1.54) is 28.6 Å². The molecule has 1 fully saturated rings. The number of nitrogens with zero attached hydrogens (tertiary/aromatic N) is 1. The monoisotopic (exact) mass is 430 g/mol. The van der Waals surface area contributed by atoms with Crippen molar-refractivity contribution >= 4 is 27.3 Å². The summed E-state index contributed by atoms with van der Waals surface area (Å²) in [5.74, 6) is -0.567. The summed E-state index contributed by atoms with van der Waals surface area (Å²) in [6.07, 6.45) is 2.76. The maximum atomic E-state index is 12.7. The fourth-order valence-electron chi connectivity index (χ4n) is 2.91. The number of nitrogens with one attached hydrogen (secondary N) is 1. The van der Waals surface area contributed by atoms with E-state index in [1.54, 1.807) is 12.1 Å². The quantitative estimate of drug-likeness (QED) is 0.730. The summed E-state index contributed by atoms with van der Waals surface area (Å²) in [4.78, 5) is 12.9. The van der Waals surface area contributed by atoms with Crippen molar-refractivity contribution in [3.63, 3.8) is 0 Å². The highest BCUT2D eigenvalue weighted by Crippen LogP contribution is 2.27. The molecule has 0 atom stereocenters. The van der Waals surface area contributed by atoms with Gasteiger partial charge in [-0.05, 0) is 43.2 Å². The molecule has 2 heterocycles. The number of carbonyl (C=O) groups excluding carboxylic acids is 1. The Morgan fingerprint density at radius 2 is 1.93 bits per heavy atom. The van der Waals surface area contributed by atoms with Crippen molar-refractivity contribution in [2.75, 3.05) is 13.1 Å². The minimum absolute atomic E-state index is 0.103. The molecule has 28 heavy (non-hydrogen) atoms. The van der Waals surface area contributed by atoms with Crippen LogP contribution in [0.2, 0.25) is 0 Å². The zero-order valence-corrected chi connectivity index (χ0v) is 16.6. The Balaban J connectivity index is 1.62. The second kappa shape index (κ2) is 8.97. The van der Waals surface area contributed by atoms with Crippen LogP contribution in [-0.2, 0) is 16.6 Å². The van der Waals surface area contributed by atoms with E-state index in [9.17, 15) is 22.0 Å². The molecule has 0 saturated carbocycles. The number of alkyl halides is 2. The molecule has 6 nitrogen and oxygen atoms in total. The van der Waals surface area contributed by atoms with Crippen molar-refractivity contribution in [2.45, 2.75) is 36.6 Å². The van der Waals surface area contributed by atoms with Crippen molar-refractivity contribution in [1.29, 1.82) is 0 Å². The first kappa shape index (κ1) is 20.7. The van der Waals surface area contributed by atoms with Gasteiger partial charge in [0, 0.05) is 23.5 Å². The third kappa shape index (κ3) is 5.06. The summed E-state index contributed by atoms with van der Waals surface area (Å²) in [5, 5.41) is 2.66. The van der Waals surface area contributed by atoms with Gasteiger partial charge in [0.25, 0.3) is 15.9 Å². The number of hydrogen-bond acceptors (Lipinski definition) is 5. The Morgan fingerprint density at radius 3 is 2.64 bits per heavy atom. The van der Waals surface area contributed by atoms with Crippen molar-refractivity contribution in [1.82, 2.24) is 9.62 Å². The molecule has 1 aromatic heterocycles. The van der Waals surface area contributed by atoms with Crippen LogP contribution in [0, 0.1) is 0 Å². The van der Waals surface area contributed by atoms with Gasteiger partial charge in [-0.3, -0.25) is 4.79 Å². The maximum Gasteiger partial charge on any atom is 0.387 e. The van der Waals surface area contributed by atoms with Crippen LogP contribution in [0.5, 0.6) is 5.75 Å². The number of amides is 1. The van der Waals surface area contributed by atoms with Crippen LogP contribution in [0.15, 0.2) is 40.6 Å². The molecule has 1 N–H and O–H groups in total. The molecule has 3 rings (SSSR count). The van der Waals surface area contributed by atoms with Crippen LogP contribution in [0.25, 0.3) is 0 Å². The first-order chi connectivity index (χ1) is 13.4. The predicted molar refractivity (Wildman–Crippen MR) is 101 cm³/mol. The summed E-state index contributed by atoms with van der Waals surface area (Å²) in [7, 11) is -3.50. The van der Waals surface area contributed by atoms with Gasteiger partial charge in [-0.1, -0.05) is 12.5 Å². The van der Waals surface area contributed by atoms with Gasteiger partial charge in [-0.25, -0.2) is 8.42 Å².